The van der Waals surface area contributed by atoms with Crippen molar-refractivity contribution in [2.24, 2.45) is 11.3 Å². The van der Waals surface area contributed by atoms with Crippen molar-refractivity contribution >= 4 is 17.4 Å². The molecular weight excluding hydrogens is 399 g/mol. The third kappa shape index (κ3) is 2.40. The van der Waals surface area contributed by atoms with Gasteiger partial charge in [-0.1, -0.05) is 0 Å². The zero-order chi connectivity index (χ0) is 20.8. The zero-order valence-electron chi connectivity index (χ0n) is 16.8. The molecule has 0 unspecified atom stereocenters. The lowest BCUT2D eigenvalue weighted by Gasteiger charge is -2.31. The Morgan fingerprint density at radius 3 is 3.03 bits per heavy atom. The van der Waals surface area contributed by atoms with Crippen LogP contribution in [0.3, 0.4) is 0 Å². The molecule has 2 atom stereocenters. The first-order valence-electron chi connectivity index (χ1n) is 10.8. The number of halogens is 1. The molecule has 1 amide bonds. The van der Waals surface area contributed by atoms with Gasteiger partial charge in [0.05, 0.1) is 24.5 Å². The highest BCUT2D eigenvalue weighted by molar-refractivity contribution is 5.99. The van der Waals surface area contributed by atoms with Crippen LogP contribution in [0.1, 0.15) is 41.6 Å². The van der Waals surface area contributed by atoms with E-state index < -0.39 is 0 Å². The quantitative estimate of drug-likeness (QED) is 0.601. The first kappa shape index (κ1) is 17.5. The van der Waals surface area contributed by atoms with Crippen LogP contribution in [0.5, 0.6) is 5.88 Å². The number of hydrogen-bond acceptors (Lipinski definition) is 6. The molecule has 5 heterocycles. The number of nitrogens with zero attached hydrogens (tertiary/aromatic N) is 5. The molecule has 7 rings (SSSR count). The summed E-state index contributed by atoms with van der Waals surface area (Å²) in [6.07, 6.45) is 8.48. The number of aromatic nitrogens is 4. The van der Waals surface area contributed by atoms with Gasteiger partial charge in [-0.2, -0.15) is 5.10 Å². The molecule has 2 spiro atoms. The van der Waals surface area contributed by atoms with Crippen molar-refractivity contribution in [1.29, 1.82) is 0 Å². The predicted molar refractivity (Wildman–Crippen MR) is 108 cm³/mol. The van der Waals surface area contributed by atoms with Crippen LogP contribution in [0.4, 0.5) is 10.2 Å². The van der Waals surface area contributed by atoms with Crippen LogP contribution in [0, 0.1) is 17.2 Å². The van der Waals surface area contributed by atoms with Gasteiger partial charge in [0.15, 0.2) is 5.65 Å². The number of amides is 1. The van der Waals surface area contributed by atoms with Crippen LogP contribution in [0.2, 0.25) is 0 Å². The number of pyridine rings is 1. The number of ether oxygens (including phenoxy) is 1. The normalized spacial score (nSPS) is 27.8. The standard InChI is InChI=1S/C22H21FN6O2/c23-14-7-16-20(24-9-14)31-12-21(3-4-21)11-25-19(30)15-10-26-29-6-2-17(27-18(15)29)28-5-1-13-8-22(13,16)28/h2,6-7,9-10,13H,1,3-5,8,11-12H2,(H,25,30)/t13-,22+/m0/s1. The van der Waals surface area contributed by atoms with E-state index in [1.165, 1.54) is 6.20 Å². The van der Waals surface area contributed by atoms with E-state index in [1.807, 2.05) is 12.3 Å². The molecule has 31 heavy (non-hydrogen) atoms. The summed E-state index contributed by atoms with van der Waals surface area (Å²) in [5.74, 6) is 1.13. The van der Waals surface area contributed by atoms with Gasteiger partial charge >= 0.3 is 0 Å². The summed E-state index contributed by atoms with van der Waals surface area (Å²) in [6, 6.07) is 3.49. The minimum atomic E-state index is -0.362. The summed E-state index contributed by atoms with van der Waals surface area (Å²) < 4.78 is 22.2. The molecule has 4 aliphatic rings. The molecule has 9 heteroatoms. The molecule has 2 aliphatic heterocycles. The lowest BCUT2D eigenvalue weighted by molar-refractivity contribution is 0.0938. The number of carbonyl (C=O) groups is 1. The maximum Gasteiger partial charge on any atom is 0.256 e. The van der Waals surface area contributed by atoms with Crippen molar-refractivity contribution in [2.75, 3.05) is 24.6 Å². The summed E-state index contributed by atoms with van der Waals surface area (Å²) in [6.45, 7) is 1.77. The predicted octanol–water partition coefficient (Wildman–Crippen LogP) is 2.29. The first-order valence-corrected chi connectivity index (χ1v) is 10.8. The number of fused-ring (bicyclic) bond motifs is 3. The van der Waals surface area contributed by atoms with Gasteiger partial charge in [0.2, 0.25) is 5.88 Å². The van der Waals surface area contributed by atoms with E-state index in [0.717, 1.165) is 43.6 Å². The number of carbonyl (C=O) groups excluding carboxylic acids is 1. The number of hydrogen-bond donors (Lipinski definition) is 1. The molecule has 2 aliphatic carbocycles. The van der Waals surface area contributed by atoms with Crippen molar-refractivity contribution < 1.29 is 13.9 Å². The van der Waals surface area contributed by atoms with Crippen LogP contribution in [-0.4, -0.2) is 45.2 Å². The fraction of sp³-hybridized carbons (Fsp3) is 0.455. The minimum Gasteiger partial charge on any atom is -0.477 e. The summed E-state index contributed by atoms with van der Waals surface area (Å²) in [5, 5.41) is 7.34. The average molecular weight is 420 g/mol. The minimum absolute atomic E-state index is 0.106. The van der Waals surface area contributed by atoms with E-state index in [4.69, 9.17) is 9.72 Å². The Labute approximate surface area is 177 Å². The number of rotatable bonds is 0. The third-order valence-corrected chi connectivity index (χ3v) is 7.51. The molecule has 0 aromatic carbocycles. The monoisotopic (exact) mass is 420 g/mol. The summed E-state index contributed by atoms with van der Waals surface area (Å²) >= 11 is 0. The Morgan fingerprint density at radius 1 is 1.29 bits per heavy atom. The van der Waals surface area contributed by atoms with Crippen LogP contribution < -0.4 is 15.0 Å². The summed E-state index contributed by atoms with van der Waals surface area (Å²) in [5.41, 5.74) is 1.33. The van der Waals surface area contributed by atoms with Gasteiger partial charge in [-0.05, 0) is 43.7 Å². The fourth-order valence-electron chi connectivity index (χ4n) is 5.42. The van der Waals surface area contributed by atoms with E-state index in [1.54, 1.807) is 16.8 Å². The molecule has 2 bridgehead atoms. The van der Waals surface area contributed by atoms with Crippen molar-refractivity contribution in [3.63, 3.8) is 0 Å². The molecule has 0 radical (unpaired) electrons. The molecule has 3 fully saturated rings. The Bertz CT molecular complexity index is 1250. The van der Waals surface area contributed by atoms with Gasteiger partial charge in [0.25, 0.3) is 5.91 Å². The highest BCUT2D eigenvalue weighted by Crippen LogP contribution is 2.64. The average Bonchev–Trinajstić information content (AvgIpc) is 3.63. The second-order valence-corrected chi connectivity index (χ2v) is 9.36. The second kappa shape index (κ2) is 5.72. The molecule has 3 aromatic heterocycles. The van der Waals surface area contributed by atoms with Gasteiger partial charge in [0.1, 0.15) is 17.2 Å². The second-order valence-electron chi connectivity index (χ2n) is 9.36. The van der Waals surface area contributed by atoms with Gasteiger partial charge in [0, 0.05) is 30.3 Å². The number of nitrogens with one attached hydrogen (secondary N) is 1. The number of anilines is 1. The van der Waals surface area contributed by atoms with Crippen molar-refractivity contribution in [2.45, 2.75) is 31.2 Å². The molecular formula is C22H21FN6O2. The SMILES string of the molecule is O=C1NCC2(CC2)COc2ncc(F)cc2[C@@]23C[C@@H]2CCN3c2ccn3ncc1c3n2. The smallest absolute Gasteiger partial charge is 0.256 e. The molecule has 158 valence electrons. The molecule has 1 saturated heterocycles. The highest BCUT2D eigenvalue weighted by atomic mass is 19.1. The maximum absolute atomic E-state index is 14.3. The van der Waals surface area contributed by atoms with E-state index in [2.05, 4.69) is 20.3 Å². The molecule has 8 nitrogen and oxygen atoms in total. The Hall–Kier alpha value is -3.23. The van der Waals surface area contributed by atoms with E-state index >= 15 is 0 Å². The van der Waals surface area contributed by atoms with Crippen molar-refractivity contribution in [3.8, 4) is 5.88 Å². The van der Waals surface area contributed by atoms with E-state index in [9.17, 15) is 9.18 Å². The molecule has 3 aromatic rings. The van der Waals surface area contributed by atoms with Crippen LogP contribution in [0.25, 0.3) is 5.65 Å². The molecule has 1 N–H and O–H groups in total. The first-order chi connectivity index (χ1) is 15.1. The Balaban J connectivity index is 1.43. The van der Waals surface area contributed by atoms with E-state index in [-0.39, 0.29) is 22.7 Å². The summed E-state index contributed by atoms with van der Waals surface area (Å²) in [4.78, 5) is 24.3. The van der Waals surface area contributed by atoms with Gasteiger partial charge in [-0.15, -0.1) is 0 Å². The van der Waals surface area contributed by atoms with E-state index in [0.29, 0.717) is 36.2 Å². The van der Waals surface area contributed by atoms with Gasteiger partial charge in [-0.25, -0.2) is 18.9 Å². The lowest BCUT2D eigenvalue weighted by atomic mass is 10.0. The van der Waals surface area contributed by atoms with Crippen molar-refractivity contribution in [1.82, 2.24) is 24.9 Å². The number of piperidine rings is 1. The van der Waals surface area contributed by atoms with Gasteiger partial charge in [-0.3, -0.25) is 4.79 Å². The van der Waals surface area contributed by atoms with Gasteiger partial charge < -0.3 is 15.0 Å². The highest BCUT2D eigenvalue weighted by Gasteiger charge is 2.65. The Kier molecular flexibility index (Phi) is 3.22. The maximum atomic E-state index is 14.3. The fourth-order valence-corrected chi connectivity index (χ4v) is 5.42. The Morgan fingerprint density at radius 2 is 2.19 bits per heavy atom. The van der Waals surface area contributed by atoms with Crippen molar-refractivity contribution in [3.05, 3.63) is 47.7 Å². The largest absolute Gasteiger partial charge is 0.477 e. The molecule has 2 saturated carbocycles. The van der Waals surface area contributed by atoms with Crippen LogP contribution >= 0.6 is 0 Å². The van der Waals surface area contributed by atoms with Crippen LogP contribution in [0.15, 0.2) is 30.7 Å². The zero-order valence-corrected chi connectivity index (χ0v) is 16.8. The lowest BCUT2D eigenvalue weighted by Crippen LogP contribution is -2.36. The summed E-state index contributed by atoms with van der Waals surface area (Å²) in [7, 11) is 0. The third-order valence-electron chi connectivity index (χ3n) is 7.51. The van der Waals surface area contributed by atoms with Crippen LogP contribution in [-0.2, 0) is 5.54 Å². The topological polar surface area (TPSA) is 84.7 Å².